The first-order chi connectivity index (χ1) is 12.2. The van der Waals surface area contributed by atoms with Gasteiger partial charge in [-0.15, -0.1) is 5.10 Å². The molecule has 1 heterocycles. The van der Waals surface area contributed by atoms with E-state index >= 15 is 0 Å². The van der Waals surface area contributed by atoms with Crippen molar-refractivity contribution in [2.24, 2.45) is 0 Å². The maximum absolute atomic E-state index is 5.89. The first kappa shape index (κ1) is 17.2. The SMILES string of the molecule is Cc1cccc(CNc2cnnc(NCCc3ccc(Cl)cc3)n2)c1. The number of hydrogen-bond donors (Lipinski definition) is 2. The number of anilines is 2. The number of nitrogens with one attached hydrogen (secondary N) is 2. The van der Waals surface area contributed by atoms with Crippen LogP contribution in [0.4, 0.5) is 11.8 Å². The molecule has 3 aromatic rings. The third kappa shape index (κ3) is 5.43. The summed E-state index contributed by atoms with van der Waals surface area (Å²) in [5.41, 5.74) is 3.65. The van der Waals surface area contributed by atoms with Gasteiger partial charge in [-0.1, -0.05) is 53.6 Å². The summed E-state index contributed by atoms with van der Waals surface area (Å²) in [6, 6.07) is 16.2. The summed E-state index contributed by atoms with van der Waals surface area (Å²) >= 11 is 5.89. The summed E-state index contributed by atoms with van der Waals surface area (Å²) in [7, 11) is 0. The zero-order valence-electron chi connectivity index (χ0n) is 14.0. The zero-order chi connectivity index (χ0) is 17.5. The topological polar surface area (TPSA) is 62.7 Å². The molecule has 0 radical (unpaired) electrons. The van der Waals surface area contributed by atoms with Gasteiger partial charge in [0.2, 0.25) is 5.95 Å². The molecular weight excluding hydrogens is 334 g/mol. The molecule has 0 aliphatic heterocycles. The zero-order valence-corrected chi connectivity index (χ0v) is 14.8. The van der Waals surface area contributed by atoms with Crippen molar-refractivity contribution in [2.75, 3.05) is 17.2 Å². The smallest absolute Gasteiger partial charge is 0.244 e. The van der Waals surface area contributed by atoms with Gasteiger partial charge in [0.05, 0.1) is 6.20 Å². The fourth-order valence-electron chi connectivity index (χ4n) is 2.45. The van der Waals surface area contributed by atoms with Crippen LogP contribution >= 0.6 is 11.6 Å². The monoisotopic (exact) mass is 353 g/mol. The average molecular weight is 354 g/mol. The highest BCUT2D eigenvalue weighted by atomic mass is 35.5. The Balaban J connectivity index is 1.51. The normalized spacial score (nSPS) is 10.5. The third-order valence-corrected chi connectivity index (χ3v) is 3.98. The Morgan fingerprint density at radius 3 is 2.64 bits per heavy atom. The number of aryl methyl sites for hydroxylation is 1. The van der Waals surface area contributed by atoms with E-state index in [0.29, 0.717) is 18.3 Å². The Bertz CT molecular complexity index is 820. The fourth-order valence-corrected chi connectivity index (χ4v) is 2.57. The molecule has 0 aliphatic rings. The van der Waals surface area contributed by atoms with Gasteiger partial charge in [0.15, 0.2) is 5.82 Å². The molecule has 2 N–H and O–H groups in total. The molecule has 0 spiro atoms. The van der Waals surface area contributed by atoms with Crippen molar-refractivity contribution >= 4 is 23.4 Å². The highest BCUT2D eigenvalue weighted by Gasteiger charge is 2.01. The molecule has 0 amide bonds. The molecule has 0 bridgehead atoms. The van der Waals surface area contributed by atoms with E-state index in [9.17, 15) is 0 Å². The summed E-state index contributed by atoms with van der Waals surface area (Å²) in [5.74, 6) is 1.22. The molecule has 1 aromatic heterocycles. The highest BCUT2D eigenvalue weighted by Crippen LogP contribution is 2.11. The largest absolute Gasteiger partial charge is 0.365 e. The lowest BCUT2D eigenvalue weighted by molar-refractivity contribution is 0.921. The van der Waals surface area contributed by atoms with Gasteiger partial charge in [-0.05, 0) is 36.6 Å². The van der Waals surface area contributed by atoms with Crippen LogP contribution in [0.2, 0.25) is 5.02 Å². The van der Waals surface area contributed by atoms with Crippen LogP contribution in [0.15, 0.2) is 54.7 Å². The van der Waals surface area contributed by atoms with E-state index in [-0.39, 0.29) is 0 Å². The van der Waals surface area contributed by atoms with Gasteiger partial charge in [-0.2, -0.15) is 10.1 Å². The van der Waals surface area contributed by atoms with E-state index in [1.54, 1.807) is 6.20 Å². The van der Waals surface area contributed by atoms with Crippen LogP contribution in [0.3, 0.4) is 0 Å². The molecule has 128 valence electrons. The molecule has 5 nitrogen and oxygen atoms in total. The van der Waals surface area contributed by atoms with E-state index in [1.165, 1.54) is 16.7 Å². The lowest BCUT2D eigenvalue weighted by Crippen LogP contribution is -2.10. The van der Waals surface area contributed by atoms with E-state index in [4.69, 9.17) is 11.6 Å². The summed E-state index contributed by atoms with van der Waals surface area (Å²) in [6.07, 6.45) is 2.49. The average Bonchev–Trinajstić information content (AvgIpc) is 2.62. The third-order valence-electron chi connectivity index (χ3n) is 3.72. The van der Waals surface area contributed by atoms with E-state index in [1.807, 2.05) is 30.3 Å². The summed E-state index contributed by atoms with van der Waals surface area (Å²) < 4.78 is 0. The van der Waals surface area contributed by atoms with Crippen LogP contribution in [0, 0.1) is 6.92 Å². The molecule has 0 saturated heterocycles. The summed E-state index contributed by atoms with van der Waals surface area (Å²) in [5, 5.41) is 15.2. The van der Waals surface area contributed by atoms with Crippen LogP contribution in [-0.2, 0) is 13.0 Å². The van der Waals surface area contributed by atoms with Gasteiger partial charge in [0.25, 0.3) is 0 Å². The minimum Gasteiger partial charge on any atom is -0.365 e. The number of rotatable bonds is 7. The van der Waals surface area contributed by atoms with Crippen LogP contribution in [-0.4, -0.2) is 21.7 Å². The maximum Gasteiger partial charge on any atom is 0.244 e. The van der Waals surface area contributed by atoms with Gasteiger partial charge in [-0.25, -0.2) is 0 Å². The van der Waals surface area contributed by atoms with Crippen LogP contribution in [0.1, 0.15) is 16.7 Å². The van der Waals surface area contributed by atoms with Crippen LogP contribution in [0.5, 0.6) is 0 Å². The number of benzene rings is 2. The second-order valence-electron chi connectivity index (χ2n) is 5.81. The molecule has 0 atom stereocenters. The van der Waals surface area contributed by atoms with E-state index < -0.39 is 0 Å². The summed E-state index contributed by atoms with van der Waals surface area (Å²) in [6.45, 7) is 3.51. The number of halogens is 1. The molecule has 3 rings (SSSR count). The van der Waals surface area contributed by atoms with E-state index in [2.05, 4.69) is 50.9 Å². The molecule has 25 heavy (non-hydrogen) atoms. The van der Waals surface area contributed by atoms with Crippen molar-refractivity contribution in [1.82, 2.24) is 15.2 Å². The van der Waals surface area contributed by atoms with Gasteiger partial charge in [0.1, 0.15) is 0 Å². The van der Waals surface area contributed by atoms with Crippen molar-refractivity contribution in [3.8, 4) is 0 Å². The minimum absolute atomic E-state index is 0.517. The van der Waals surface area contributed by atoms with Crippen molar-refractivity contribution in [3.63, 3.8) is 0 Å². The molecular formula is C19H20ClN5. The maximum atomic E-state index is 5.89. The van der Waals surface area contributed by atoms with Gasteiger partial charge >= 0.3 is 0 Å². The Hall–Kier alpha value is -2.66. The predicted octanol–water partition coefficient (Wildman–Crippen LogP) is 4.10. The molecule has 0 unspecified atom stereocenters. The van der Waals surface area contributed by atoms with Crippen molar-refractivity contribution in [1.29, 1.82) is 0 Å². The Labute approximate surface area is 152 Å². The van der Waals surface area contributed by atoms with Crippen molar-refractivity contribution < 1.29 is 0 Å². The predicted molar refractivity (Wildman–Crippen MR) is 102 cm³/mol. The van der Waals surface area contributed by atoms with Crippen LogP contribution < -0.4 is 10.6 Å². The van der Waals surface area contributed by atoms with Crippen molar-refractivity contribution in [3.05, 3.63) is 76.4 Å². The highest BCUT2D eigenvalue weighted by molar-refractivity contribution is 6.30. The Morgan fingerprint density at radius 1 is 1.00 bits per heavy atom. The number of nitrogens with zero attached hydrogens (tertiary/aromatic N) is 3. The Morgan fingerprint density at radius 2 is 1.84 bits per heavy atom. The number of hydrogen-bond acceptors (Lipinski definition) is 5. The second-order valence-corrected chi connectivity index (χ2v) is 6.25. The quantitative estimate of drug-likeness (QED) is 0.669. The standard InChI is InChI=1S/C19H20ClN5/c1-14-3-2-4-16(11-14)12-22-18-13-23-25-19(24-18)21-10-9-15-5-7-17(20)8-6-15/h2-8,11,13H,9-10,12H2,1H3,(H2,21,22,24,25). The lowest BCUT2D eigenvalue weighted by Gasteiger charge is -2.08. The first-order valence-electron chi connectivity index (χ1n) is 8.16. The molecule has 2 aromatic carbocycles. The number of aromatic nitrogens is 3. The first-order valence-corrected chi connectivity index (χ1v) is 8.54. The molecule has 6 heteroatoms. The molecule has 0 fully saturated rings. The van der Waals surface area contributed by atoms with Gasteiger partial charge in [0, 0.05) is 18.1 Å². The lowest BCUT2D eigenvalue weighted by atomic mass is 10.1. The fraction of sp³-hybridized carbons (Fsp3) is 0.211. The van der Waals surface area contributed by atoms with Gasteiger partial charge in [-0.3, -0.25) is 0 Å². The van der Waals surface area contributed by atoms with Gasteiger partial charge < -0.3 is 10.6 Å². The molecule has 0 saturated carbocycles. The van der Waals surface area contributed by atoms with E-state index in [0.717, 1.165) is 18.0 Å². The van der Waals surface area contributed by atoms with Crippen molar-refractivity contribution in [2.45, 2.75) is 19.9 Å². The summed E-state index contributed by atoms with van der Waals surface area (Å²) in [4.78, 5) is 4.44. The van der Waals surface area contributed by atoms with Crippen LogP contribution in [0.25, 0.3) is 0 Å². The molecule has 0 aliphatic carbocycles. The minimum atomic E-state index is 0.517. The second kappa shape index (κ2) is 8.44. The Kier molecular flexibility index (Phi) is 5.80.